The molecule has 35 heavy (non-hydrogen) atoms. The highest BCUT2D eigenvalue weighted by Crippen LogP contribution is 2.38. The number of anilines is 2. The van der Waals surface area contributed by atoms with E-state index in [2.05, 4.69) is 5.32 Å². The van der Waals surface area contributed by atoms with Gasteiger partial charge in [0.25, 0.3) is 15.9 Å². The van der Waals surface area contributed by atoms with Crippen molar-refractivity contribution in [2.24, 2.45) is 0 Å². The Morgan fingerprint density at radius 1 is 0.971 bits per heavy atom. The van der Waals surface area contributed by atoms with E-state index in [0.29, 0.717) is 47.6 Å². The van der Waals surface area contributed by atoms with E-state index in [9.17, 15) is 13.2 Å². The predicted molar refractivity (Wildman–Crippen MR) is 129 cm³/mol. The van der Waals surface area contributed by atoms with Gasteiger partial charge in [-0.15, -0.1) is 0 Å². The zero-order chi connectivity index (χ0) is 24.6. The first kappa shape index (κ1) is 22.9. The van der Waals surface area contributed by atoms with E-state index in [1.165, 1.54) is 23.5 Å². The van der Waals surface area contributed by atoms with Gasteiger partial charge in [0.15, 0.2) is 17.6 Å². The summed E-state index contributed by atoms with van der Waals surface area (Å²) < 4.78 is 50.6. The summed E-state index contributed by atoms with van der Waals surface area (Å²) in [7, 11) is -2.47. The lowest BCUT2D eigenvalue weighted by atomic mass is 10.1. The van der Waals surface area contributed by atoms with Crippen LogP contribution >= 0.6 is 0 Å². The van der Waals surface area contributed by atoms with Crippen molar-refractivity contribution in [3.8, 4) is 23.0 Å². The van der Waals surface area contributed by atoms with E-state index in [1.54, 1.807) is 48.5 Å². The molecule has 1 amide bonds. The molecule has 3 aromatic carbocycles. The topological polar surface area (TPSA) is 103 Å². The molecule has 0 saturated carbocycles. The maximum Gasteiger partial charge on any atom is 0.267 e. The molecule has 0 aromatic heterocycles. The predicted octanol–water partition coefficient (Wildman–Crippen LogP) is 3.37. The number of ether oxygens (including phenoxy) is 4. The summed E-state index contributed by atoms with van der Waals surface area (Å²) in [4.78, 5) is 13.3. The van der Waals surface area contributed by atoms with Gasteiger partial charge in [-0.25, -0.2) is 8.42 Å². The Morgan fingerprint density at radius 3 is 2.46 bits per heavy atom. The number of nitrogens with one attached hydrogen (secondary N) is 1. The number of fused-ring (bicyclic) bond motifs is 2. The van der Waals surface area contributed by atoms with Gasteiger partial charge in [-0.2, -0.15) is 0 Å². The number of nitrogens with zero attached hydrogens (tertiary/aromatic N) is 1. The van der Waals surface area contributed by atoms with Crippen LogP contribution < -0.4 is 28.6 Å². The molecule has 0 spiro atoms. The second-order valence-electron chi connectivity index (χ2n) is 8.14. The van der Waals surface area contributed by atoms with Crippen LogP contribution in [0.4, 0.5) is 11.4 Å². The van der Waals surface area contributed by atoms with Crippen LogP contribution in [0.1, 0.15) is 5.56 Å². The molecule has 1 atom stereocenters. The van der Waals surface area contributed by atoms with Gasteiger partial charge in [0.2, 0.25) is 0 Å². The van der Waals surface area contributed by atoms with E-state index >= 15 is 0 Å². The Balaban J connectivity index is 1.44. The second-order valence-corrected chi connectivity index (χ2v) is 10.00. The Kier molecular flexibility index (Phi) is 5.89. The molecule has 0 unspecified atom stereocenters. The monoisotopic (exact) mass is 496 g/mol. The number of rotatable bonds is 5. The highest BCUT2D eigenvalue weighted by Gasteiger charge is 2.37. The summed E-state index contributed by atoms with van der Waals surface area (Å²) >= 11 is 0. The summed E-state index contributed by atoms with van der Waals surface area (Å²) in [6.45, 7) is 2.56. The first-order chi connectivity index (χ1) is 16.8. The van der Waals surface area contributed by atoms with Crippen molar-refractivity contribution in [1.29, 1.82) is 0 Å². The van der Waals surface area contributed by atoms with E-state index in [-0.39, 0.29) is 11.4 Å². The molecular weight excluding hydrogens is 472 g/mol. The molecule has 0 aliphatic carbocycles. The molecule has 2 heterocycles. The van der Waals surface area contributed by atoms with Crippen LogP contribution in [0.15, 0.2) is 65.6 Å². The maximum absolute atomic E-state index is 13.6. The highest BCUT2D eigenvalue weighted by molar-refractivity contribution is 7.92. The zero-order valence-corrected chi connectivity index (χ0v) is 20.0. The van der Waals surface area contributed by atoms with Gasteiger partial charge >= 0.3 is 0 Å². The molecule has 2 aliphatic heterocycles. The van der Waals surface area contributed by atoms with E-state index < -0.39 is 22.0 Å². The lowest BCUT2D eigenvalue weighted by molar-refractivity contribution is -0.122. The summed E-state index contributed by atoms with van der Waals surface area (Å²) in [5, 5.41) is 2.80. The zero-order valence-electron chi connectivity index (χ0n) is 19.2. The third-order valence-electron chi connectivity index (χ3n) is 5.73. The Labute approximate surface area is 203 Å². The Morgan fingerprint density at radius 2 is 1.71 bits per heavy atom. The Bertz CT molecular complexity index is 1370. The number of carbonyl (C=O) groups excluding carboxylic acids is 1. The smallest absolute Gasteiger partial charge is 0.267 e. The molecule has 0 bridgehead atoms. The lowest BCUT2D eigenvalue weighted by Crippen LogP contribution is -2.48. The molecule has 0 saturated heterocycles. The number of methoxy groups -OCH3 is 1. The van der Waals surface area contributed by atoms with Crippen LogP contribution in [0.25, 0.3) is 0 Å². The van der Waals surface area contributed by atoms with E-state index in [4.69, 9.17) is 18.9 Å². The fourth-order valence-electron chi connectivity index (χ4n) is 3.94. The maximum atomic E-state index is 13.6. The minimum absolute atomic E-state index is 0.0812. The standard InChI is InChI=1S/C25H24N2O7S/c1-16-3-9-20-22(13-16)34-24(15-27(20)35(29,30)19-7-5-18(31-2)6-8-19)25(28)26-17-4-10-21-23(14-17)33-12-11-32-21/h3-10,13-14,24H,11-12,15H2,1-2H3,(H,26,28)/t24-/m1/s1. The van der Waals surface area contributed by atoms with Gasteiger partial charge in [0, 0.05) is 11.8 Å². The van der Waals surface area contributed by atoms with E-state index in [0.717, 1.165) is 5.56 Å². The number of carbonyl (C=O) groups is 1. The molecular formula is C25H24N2O7S. The fourth-order valence-corrected chi connectivity index (χ4v) is 5.42. The summed E-state index contributed by atoms with van der Waals surface area (Å²) in [5.41, 5.74) is 1.73. The van der Waals surface area contributed by atoms with Gasteiger partial charge in [0.1, 0.15) is 24.7 Å². The molecule has 5 rings (SSSR count). The van der Waals surface area contributed by atoms with Crippen molar-refractivity contribution >= 4 is 27.3 Å². The normalized spacial score (nSPS) is 16.6. The molecule has 2 aliphatic rings. The van der Waals surface area contributed by atoms with Crippen molar-refractivity contribution in [3.63, 3.8) is 0 Å². The average molecular weight is 497 g/mol. The number of sulfonamides is 1. The summed E-state index contributed by atoms with van der Waals surface area (Å²) in [6.07, 6.45) is -1.08. The minimum Gasteiger partial charge on any atom is -0.497 e. The number of aryl methyl sites for hydroxylation is 1. The number of benzene rings is 3. The number of hydrogen-bond acceptors (Lipinski definition) is 7. The van der Waals surface area contributed by atoms with Crippen molar-refractivity contribution in [1.82, 2.24) is 0 Å². The van der Waals surface area contributed by atoms with Crippen molar-refractivity contribution in [2.75, 3.05) is 36.5 Å². The van der Waals surface area contributed by atoms with Crippen LogP contribution in [-0.2, 0) is 14.8 Å². The molecule has 0 radical (unpaired) electrons. The van der Waals surface area contributed by atoms with Gasteiger partial charge in [-0.1, -0.05) is 6.07 Å². The van der Waals surface area contributed by atoms with Crippen molar-refractivity contribution in [3.05, 3.63) is 66.2 Å². The number of amides is 1. The molecule has 3 aromatic rings. The first-order valence-corrected chi connectivity index (χ1v) is 12.4. The van der Waals surface area contributed by atoms with Crippen molar-refractivity contribution in [2.45, 2.75) is 17.9 Å². The SMILES string of the molecule is COc1ccc(S(=O)(=O)N2C[C@H](C(=O)Nc3ccc4c(c3)OCCO4)Oc3cc(C)ccc32)cc1. The quantitative estimate of drug-likeness (QED) is 0.578. The van der Waals surface area contributed by atoms with Crippen LogP contribution in [0.5, 0.6) is 23.0 Å². The Hall–Kier alpha value is -3.92. The van der Waals surface area contributed by atoms with Gasteiger partial charge in [0.05, 0.1) is 24.2 Å². The second kappa shape index (κ2) is 9.03. The fraction of sp³-hybridized carbons (Fsp3) is 0.240. The molecule has 10 heteroatoms. The van der Waals surface area contributed by atoms with Crippen LogP contribution in [0.2, 0.25) is 0 Å². The summed E-state index contributed by atoms with van der Waals surface area (Å²) in [5.74, 6) is 1.51. The minimum atomic E-state index is -3.98. The third-order valence-corrected chi connectivity index (χ3v) is 7.53. The van der Waals surface area contributed by atoms with Gasteiger partial charge < -0.3 is 24.3 Å². The molecule has 0 fully saturated rings. The first-order valence-electron chi connectivity index (χ1n) is 11.0. The van der Waals surface area contributed by atoms with Crippen LogP contribution in [0, 0.1) is 6.92 Å². The largest absolute Gasteiger partial charge is 0.497 e. The van der Waals surface area contributed by atoms with Crippen LogP contribution in [-0.4, -0.2) is 47.3 Å². The molecule has 1 N–H and O–H groups in total. The third kappa shape index (κ3) is 4.44. The molecule has 9 nitrogen and oxygen atoms in total. The molecule has 182 valence electrons. The summed E-state index contributed by atoms with van der Waals surface area (Å²) in [6, 6.07) is 16.4. The van der Waals surface area contributed by atoms with Gasteiger partial charge in [-0.3, -0.25) is 9.10 Å². The highest BCUT2D eigenvalue weighted by atomic mass is 32.2. The van der Waals surface area contributed by atoms with Gasteiger partial charge in [-0.05, 0) is 61.0 Å². The average Bonchev–Trinajstić information content (AvgIpc) is 2.87. The van der Waals surface area contributed by atoms with Crippen molar-refractivity contribution < 1.29 is 32.2 Å². The number of hydrogen-bond donors (Lipinski definition) is 1. The lowest BCUT2D eigenvalue weighted by Gasteiger charge is -2.35. The van der Waals surface area contributed by atoms with E-state index in [1.807, 2.05) is 6.92 Å². The van der Waals surface area contributed by atoms with Crippen LogP contribution in [0.3, 0.4) is 0 Å².